The molecular formula is C21H16ClN3O2. The molecule has 6 heteroatoms. The van der Waals surface area contributed by atoms with E-state index in [9.17, 15) is 9.59 Å². The van der Waals surface area contributed by atoms with Gasteiger partial charge >= 0.3 is 0 Å². The highest BCUT2D eigenvalue weighted by Gasteiger charge is 2.48. The van der Waals surface area contributed by atoms with E-state index in [1.807, 2.05) is 18.2 Å². The Balaban J connectivity index is 1.71. The van der Waals surface area contributed by atoms with Gasteiger partial charge in [-0.15, -0.1) is 0 Å². The van der Waals surface area contributed by atoms with E-state index < -0.39 is 5.66 Å². The molecule has 5 nitrogen and oxygen atoms in total. The number of rotatable bonds is 4. The Bertz CT molecular complexity index is 980. The van der Waals surface area contributed by atoms with Crippen LogP contribution < -0.4 is 5.32 Å². The van der Waals surface area contributed by atoms with Crippen LogP contribution in [0.3, 0.4) is 0 Å². The Kier molecular flexibility index (Phi) is 4.38. The zero-order valence-corrected chi connectivity index (χ0v) is 15.1. The van der Waals surface area contributed by atoms with Gasteiger partial charge in [0.1, 0.15) is 5.84 Å². The molecule has 0 radical (unpaired) electrons. The number of amides is 2. The lowest BCUT2D eigenvalue weighted by Gasteiger charge is -2.27. The molecule has 0 aliphatic carbocycles. The van der Waals surface area contributed by atoms with Gasteiger partial charge in [-0.25, -0.2) is 4.99 Å². The van der Waals surface area contributed by atoms with Crippen molar-refractivity contribution < 1.29 is 9.59 Å². The van der Waals surface area contributed by atoms with E-state index in [1.54, 1.807) is 60.8 Å². The number of aliphatic imine (C=N–C) groups is 1. The average molecular weight is 378 g/mol. The third kappa shape index (κ3) is 3.29. The van der Waals surface area contributed by atoms with Crippen LogP contribution in [-0.2, 0) is 11.2 Å². The first-order chi connectivity index (χ1) is 13.1. The summed E-state index contributed by atoms with van der Waals surface area (Å²) in [4.78, 5) is 32.0. The smallest absolute Gasteiger partial charge is 0.281 e. The third-order valence-corrected chi connectivity index (χ3v) is 4.70. The first-order valence-electron chi connectivity index (χ1n) is 8.48. The van der Waals surface area contributed by atoms with Crippen molar-refractivity contribution in [2.75, 3.05) is 0 Å². The molecule has 0 aromatic heterocycles. The van der Waals surface area contributed by atoms with Crippen molar-refractivity contribution in [1.29, 1.82) is 0 Å². The van der Waals surface area contributed by atoms with Crippen LogP contribution in [0, 0.1) is 0 Å². The van der Waals surface area contributed by atoms with Gasteiger partial charge < -0.3 is 5.32 Å². The van der Waals surface area contributed by atoms with Crippen LogP contribution >= 0.6 is 11.6 Å². The molecule has 27 heavy (non-hydrogen) atoms. The van der Waals surface area contributed by atoms with Crippen molar-refractivity contribution in [2.24, 2.45) is 4.99 Å². The highest BCUT2D eigenvalue weighted by molar-refractivity contribution is 6.30. The van der Waals surface area contributed by atoms with Crippen LogP contribution in [0.15, 0.2) is 84.0 Å². The molecule has 134 valence electrons. The number of hydrogen-bond donors (Lipinski definition) is 1. The number of carbonyl (C=O) groups excluding carboxylic acids is 2. The molecular weight excluding hydrogens is 362 g/mol. The fourth-order valence-electron chi connectivity index (χ4n) is 3.13. The Morgan fingerprint density at radius 3 is 2.52 bits per heavy atom. The predicted molar refractivity (Wildman–Crippen MR) is 104 cm³/mol. The molecule has 2 aliphatic rings. The van der Waals surface area contributed by atoms with Gasteiger partial charge in [-0.2, -0.15) is 0 Å². The van der Waals surface area contributed by atoms with Crippen LogP contribution in [0.1, 0.15) is 15.9 Å². The molecule has 1 unspecified atom stereocenters. The van der Waals surface area contributed by atoms with Gasteiger partial charge in [0.25, 0.3) is 11.8 Å². The first kappa shape index (κ1) is 17.2. The van der Waals surface area contributed by atoms with E-state index in [1.165, 1.54) is 4.90 Å². The SMILES string of the molecule is O=C(NC1(Cc2ccc(Cl)cc2)N=C2C=CC=CN2C1=O)c1ccccc1. The fraction of sp³-hybridized carbons (Fsp3) is 0.0952. The van der Waals surface area contributed by atoms with Crippen LogP contribution in [0.4, 0.5) is 0 Å². The maximum Gasteiger partial charge on any atom is 0.281 e. The Morgan fingerprint density at radius 2 is 1.81 bits per heavy atom. The summed E-state index contributed by atoms with van der Waals surface area (Å²) in [6, 6.07) is 15.9. The maximum atomic E-state index is 13.2. The van der Waals surface area contributed by atoms with Crippen LogP contribution in [0.2, 0.25) is 5.02 Å². The lowest BCUT2D eigenvalue weighted by Crippen LogP contribution is -2.55. The summed E-state index contributed by atoms with van der Waals surface area (Å²) in [5.41, 5.74) is -0.0926. The van der Waals surface area contributed by atoms with E-state index >= 15 is 0 Å². The van der Waals surface area contributed by atoms with E-state index in [0.29, 0.717) is 16.4 Å². The van der Waals surface area contributed by atoms with Gasteiger partial charge in [0.2, 0.25) is 5.66 Å². The largest absolute Gasteiger partial charge is 0.320 e. The molecule has 0 bridgehead atoms. The van der Waals surface area contributed by atoms with Crippen molar-refractivity contribution in [2.45, 2.75) is 12.1 Å². The van der Waals surface area contributed by atoms with Crippen molar-refractivity contribution >= 4 is 29.3 Å². The molecule has 0 saturated carbocycles. The Labute approximate surface area is 161 Å². The molecule has 2 aliphatic heterocycles. The highest BCUT2D eigenvalue weighted by Crippen LogP contribution is 2.28. The molecule has 4 rings (SSSR count). The van der Waals surface area contributed by atoms with Gasteiger partial charge in [-0.1, -0.05) is 48.0 Å². The van der Waals surface area contributed by atoms with Crippen molar-refractivity contribution in [3.05, 3.63) is 95.2 Å². The van der Waals surface area contributed by atoms with Crippen LogP contribution in [0.25, 0.3) is 0 Å². The summed E-state index contributed by atoms with van der Waals surface area (Å²) in [7, 11) is 0. The van der Waals surface area contributed by atoms with Crippen LogP contribution in [-0.4, -0.2) is 28.2 Å². The molecule has 2 aromatic rings. The van der Waals surface area contributed by atoms with E-state index in [2.05, 4.69) is 10.3 Å². The van der Waals surface area contributed by atoms with Crippen molar-refractivity contribution in [3.63, 3.8) is 0 Å². The normalized spacial score (nSPS) is 20.4. The average Bonchev–Trinajstić information content (AvgIpc) is 2.96. The molecule has 0 saturated heterocycles. The summed E-state index contributed by atoms with van der Waals surface area (Å²) >= 11 is 5.96. The minimum Gasteiger partial charge on any atom is -0.320 e. The van der Waals surface area contributed by atoms with Crippen LogP contribution in [0.5, 0.6) is 0 Å². The summed E-state index contributed by atoms with van der Waals surface area (Å²) in [6.07, 6.45) is 7.19. The second-order valence-electron chi connectivity index (χ2n) is 6.33. The number of fused-ring (bicyclic) bond motifs is 1. The molecule has 2 heterocycles. The Morgan fingerprint density at radius 1 is 1.07 bits per heavy atom. The van der Waals surface area contributed by atoms with E-state index in [4.69, 9.17) is 11.6 Å². The monoisotopic (exact) mass is 377 g/mol. The lowest BCUT2D eigenvalue weighted by molar-refractivity contribution is -0.130. The van der Waals surface area contributed by atoms with Gasteiger partial charge in [0, 0.05) is 23.2 Å². The second kappa shape index (κ2) is 6.85. The summed E-state index contributed by atoms with van der Waals surface area (Å²) in [6.45, 7) is 0. The molecule has 1 atom stereocenters. The first-order valence-corrected chi connectivity index (χ1v) is 8.86. The summed E-state index contributed by atoms with van der Waals surface area (Å²) < 4.78 is 0. The third-order valence-electron chi connectivity index (χ3n) is 4.45. The zero-order valence-electron chi connectivity index (χ0n) is 14.3. The molecule has 2 amide bonds. The quantitative estimate of drug-likeness (QED) is 0.888. The fourth-order valence-corrected chi connectivity index (χ4v) is 3.25. The second-order valence-corrected chi connectivity index (χ2v) is 6.77. The summed E-state index contributed by atoms with van der Waals surface area (Å²) in [5, 5.41) is 3.46. The molecule has 1 N–H and O–H groups in total. The standard InChI is InChI=1S/C21H16ClN3O2/c22-17-11-9-15(10-12-17)14-21(24-19(26)16-6-2-1-3-7-16)20(27)25-13-5-4-8-18(25)23-21/h1-13H,14H2,(H,24,26). The number of halogens is 1. The van der Waals surface area contributed by atoms with Gasteiger partial charge in [-0.05, 0) is 42.0 Å². The zero-order chi connectivity index (χ0) is 18.9. The van der Waals surface area contributed by atoms with Gasteiger partial charge in [0.05, 0.1) is 0 Å². The Hall–Kier alpha value is -3.18. The number of allylic oxidation sites excluding steroid dienone is 2. The van der Waals surface area contributed by atoms with Gasteiger partial charge in [0.15, 0.2) is 0 Å². The van der Waals surface area contributed by atoms with Crippen molar-refractivity contribution in [3.8, 4) is 0 Å². The predicted octanol–water partition coefficient (Wildman–Crippen LogP) is 3.33. The molecule has 0 spiro atoms. The van der Waals surface area contributed by atoms with Gasteiger partial charge in [-0.3, -0.25) is 14.5 Å². The number of carbonyl (C=O) groups is 2. The number of amidine groups is 1. The minimum absolute atomic E-state index is 0.225. The van der Waals surface area contributed by atoms with E-state index in [0.717, 1.165) is 5.56 Å². The molecule has 0 fully saturated rings. The maximum absolute atomic E-state index is 13.2. The summed E-state index contributed by atoms with van der Waals surface area (Å²) in [5.74, 6) is -0.141. The highest BCUT2D eigenvalue weighted by atomic mass is 35.5. The molecule has 2 aromatic carbocycles. The lowest BCUT2D eigenvalue weighted by atomic mass is 9.98. The topological polar surface area (TPSA) is 61.8 Å². The van der Waals surface area contributed by atoms with E-state index in [-0.39, 0.29) is 18.2 Å². The minimum atomic E-state index is -1.41. The number of nitrogens with one attached hydrogen (secondary N) is 1. The number of nitrogens with zero attached hydrogens (tertiary/aromatic N) is 2. The number of benzene rings is 2. The number of hydrogen-bond acceptors (Lipinski definition) is 3. The van der Waals surface area contributed by atoms with Crippen molar-refractivity contribution in [1.82, 2.24) is 10.2 Å².